The molecular formula is C6H11NO2S. The summed E-state index contributed by atoms with van der Waals surface area (Å²) >= 11 is 4.78. The molecule has 0 aliphatic carbocycles. The fraction of sp³-hybridized carbons (Fsp3) is 0.667. The molecular weight excluding hydrogens is 150 g/mol. The third-order valence-electron chi connectivity index (χ3n) is 1.07. The van der Waals surface area contributed by atoms with Gasteiger partial charge in [-0.2, -0.15) is 0 Å². The van der Waals surface area contributed by atoms with Crippen LogP contribution in [0.5, 0.6) is 0 Å². The van der Waals surface area contributed by atoms with Gasteiger partial charge in [-0.25, -0.2) is 0 Å². The number of nitrogens with one attached hydrogen (secondary N) is 1. The Balaban J connectivity index is 3.68. The zero-order valence-corrected chi connectivity index (χ0v) is 6.86. The third kappa shape index (κ3) is 3.40. The van der Waals surface area contributed by atoms with Crippen molar-refractivity contribution in [3.63, 3.8) is 0 Å². The third-order valence-corrected chi connectivity index (χ3v) is 1.48. The van der Waals surface area contributed by atoms with E-state index in [1.165, 1.54) is 0 Å². The summed E-state index contributed by atoms with van der Waals surface area (Å²) in [6.45, 7) is 3.44. The van der Waals surface area contributed by atoms with Gasteiger partial charge in [-0.1, -0.05) is 19.1 Å². The molecule has 0 fully saturated rings. The number of hydrogen-bond donors (Lipinski definition) is 2. The van der Waals surface area contributed by atoms with Crippen molar-refractivity contribution >= 4 is 23.2 Å². The number of aliphatic carboxylic acids is 1. The molecule has 4 heteroatoms. The van der Waals surface area contributed by atoms with Crippen molar-refractivity contribution < 1.29 is 9.90 Å². The Morgan fingerprint density at radius 3 is 2.60 bits per heavy atom. The Kier molecular flexibility index (Phi) is 3.95. The molecule has 2 N–H and O–H groups in total. The molecule has 0 saturated carbocycles. The summed E-state index contributed by atoms with van der Waals surface area (Å²) in [6.07, 6.45) is 0.687. The van der Waals surface area contributed by atoms with Gasteiger partial charge in [0.2, 0.25) is 0 Å². The van der Waals surface area contributed by atoms with Crippen LogP contribution in [0.15, 0.2) is 0 Å². The molecule has 1 atom stereocenters. The van der Waals surface area contributed by atoms with Crippen LogP contribution in [-0.2, 0) is 4.79 Å². The second-order valence-electron chi connectivity index (χ2n) is 1.98. The van der Waals surface area contributed by atoms with E-state index in [1.54, 1.807) is 6.92 Å². The Morgan fingerprint density at radius 1 is 1.80 bits per heavy atom. The van der Waals surface area contributed by atoms with E-state index in [1.807, 2.05) is 6.92 Å². The summed E-state index contributed by atoms with van der Waals surface area (Å²) < 4.78 is 0. The van der Waals surface area contributed by atoms with Gasteiger partial charge in [0.25, 0.3) is 0 Å². The molecule has 58 valence electrons. The monoisotopic (exact) mass is 161 g/mol. The van der Waals surface area contributed by atoms with E-state index in [2.05, 4.69) is 5.32 Å². The molecule has 0 heterocycles. The molecule has 0 radical (unpaired) electrons. The highest BCUT2D eigenvalue weighted by Gasteiger charge is 2.09. The first-order valence-electron chi connectivity index (χ1n) is 3.10. The van der Waals surface area contributed by atoms with Crippen LogP contribution >= 0.6 is 12.2 Å². The average Bonchev–Trinajstić information content (AvgIpc) is 1.87. The second-order valence-corrected chi connectivity index (χ2v) is 2.47. The van der Waals surface area contributed by atoms with Gasteiger partial charge in [0, 0.05) is 0 Å². The molecule has 0 aliphatic heterocycles. The van der Waals surface area contributed by atoms with E-state index >= 15 is 0 Å². The summed E-state index contributed by atoms with van der Waals surface area (Å²) in [4.78, 5) is 10.8. The predicted octanol–water partition coefficient (Wildman–Crippen LogP) is 0.786. The van der Waals surface area contributed by atoms with Gasteiger partial charge < -0.3 is 10.4 Å². The molecule has 0 spiro atoms. The topological polar surface area (TPSA) is 49.3 Å². The van der Waals surface area contributed by atoms with Gasteiger partial charge in [0.1, 0.15) is 6.04 Å². The number of carbonyl (C=O) groups is 1. The van der Waals surface area contributed by atoms with Crippen molar-refractivity contribution in [2.24, 2.45) is 0 Å². The molecule has 0 bridgehead atoms. The molecule has 10 heavy (non-hydrogen) atoms. The van der Waals surface area contributed by atoms with E-state index in [0.29, 0.717) is 11.4 Å². The van der Waals surface area contributed by atoms with Crippen molar-refractivity contribution in [3.05, 3.63) is 0 Å². The molecule has 0 saturated heterocycles. The number of hydrogen-bond acceptors (Lipinski definition) is 2. The molecule has 0 aliphatic rings. The van der Waals surface area contributed by atoms with Gasteiger partial charge in [0.15, 0.2) is 0 Å². The first kappa shape index (κ1) is 9.36. The Hall–Kier alpha value is -0.640. The normalized spacial score (nSPS) is 12.2. The largest absolute Gasteiger partial charge is 0.480 e. The van der Waals surface area contributed by atoms with Crippen LogP contribution in [-0.4, -0.2) is 22.1 Å². The van der Waals surface area contributed by atoms with Crippen LogP contribution in [0, 0.1) is 0 Å². The first-order chi connectivity index (χ1) is 4.57. The van der Waals surface area contributed by atoms with Crippen molar-refractivity contribution in [2.75, 3.05) is 0 Å². The first-order valence-corrected chi connectivity index (χ1v) is 3.51. The van der Waals surface area contributed by atoms with Gasteiger partial charge in [-0.3, -0.25) is 4.79 Å². The van der Waals surface area contributed by atoms with Crippen molar-refractivity contribution in [2.45, 2.75) is 26.3 Å². The van der Waals surface area contributed by atoms with Crippen molar-refractivity contribution in [1.82, 2.24) is 5.32 Å². The summed E-state index contributed by atoms with van der Waals surface area (Å²) in [5.74, 6) is -0.879. The summed E-state index contributed by atoms with van der Waals surface area (Å²) in [7, 11) is 0. The van der Waals surface area contributed by atoms with Gasteiger partial charge >= 0.3 is 5.97 Å². The lowest BCUT2D eigenvalue weighted by atomic mass is 10.3. The maximum Gasteiger partial charge on any atom is 0.325 e. The minimum absolute atomic E-state index is 0.576. The molecule has 0 amide bonds. The lowest BCUT2D eigenvalue weighted by molar-refractivity contribution is -0.138. The quantitative estimate of drug-likeness (QED) is 0.601. The van der Waals surface area contributed by atoms with E-state index < -0.39 is 12.0 Å². The van der Waals surface area contributed by atoms with Gasteiger partial charge in [0.05, 0.1) is 4.99 Å². The highest BCUT2D eigenvalue weighted by atomic mass is 32.1. The molecule has 0 rings (SSSR count). The van der Waals surface area contributed by atoms with Crippen LogP contribution in [0.25, 0.3) is 0 Å². The van der Waals surface area contributed by atoms with E-state index in [4.69, 9.17) is 17.3 Å². The highest BCUT2D eigenvalue weighted by Crippen LogP contribution is 1.85. The standard InChI is InChI=1S/C6H11NO2S/c1-3-5(10)7-4(2)6(8)9/h4H,3H2,1-2H3,(H,7,10)(H,8,9)/t4-/m0/s1. The van der Waals surface area contributed by atoms with Crippen LogP contribution in [0.2, 0.25) is 0 Å². The van der Waals surface area contributed by atoms with E-state index in [-0.39, 0.29) is 0 Å². The lowest BCUT2D eigenvalue weighted by Crippen LogP contribution is -2.36. The highest BCUT2D eigenvalue weighted by molar-refractivity contribution is 7.80. The SMILES string of the molecule is CCC(=S)N[C@@H](C)C(=O)O. The molecule has 3 nitrogen and oxygen atoms in total. The lowest BCUT2D eigenvalue weighted by Gasteiger charge is -2.09. The fourth-order valence-electron chi connectivity index (χ4n) is 0.405. The predicted molar refractivity (Wildman–Crippen MR) is 43.1 cm³/mol. The smallest absolute Gasteiger partial charge is 0.325 e. The number of thiocarbonyl (C=S) groups is 1. The van der Waals surface area contributed by atoms with Crippen LogP contribution in [0.1, 0.15) is 20.3 Å². The van der Waals surface area contributed by atoms with Gasteiger partial charge in [-0.15, -0.1) is 0 Å². The summed E-state index contributed by atoms with van der Waals surface area (Å²) in [6, 6.07) is -0.576. The number of carboxylic acid groups (broad SMARTS) is 1. The molecule has 0 aromatic heterocycles. The zero-order chi connectivity index (χ0) is 8.15. The molecule has 0 aromatic rings. The van der Waals surface area contributed by atoms with Crippen molar-refractivity contribution in [3.8, 4) is 0 Å². The van der Waals surface area contributed by atoms with E-state index in [0.717, 1.165) is 0 Å². The zero-order valence-electron chi connectivity index (χ0n) is 6.05. The maximum atomic E-state index is 10.2. The number of rotatable bonds is 3. The molecule has 0 unspecified atom stereocenters. The van der Waals surface area contributed by atoms with E-state index in [9.17, 15) is 4.79 Å². The van der Waals surface area contributed by atoms with Crippen LogP contribution in [0.4, 0.5) is 0 Å². The van der Waals surface area contributed by atoms with Gasteiger partial charge in [-0.05, 0) is 13.3 Å². The summed E-state index contributed by atoms with van der Waals surface area (Å²) in [5.41, 5.74) is 0. The summed E-state index contributed by atoms with van der Waals surface area (Å²) in [5, 5.41) is 11.1. The fourth-order valence-corrected chi connectivity index (χ4v) is 0.582. The Bertz CT molecular complexity index is 147. The average molecular weight is 161 g/mol. The maximum absolute atomic E-state index is 10.2. The van der Waals surface area contributed by atoms with Crippen molar-refractivity contribution in [1.29, 1.82) is 0 Å². The van der Waals surface area contributed by atoms with Crippen LogP contribution in [0.3, 0.4) is 0 Å². The second kappa shape index (κ2) is 4.22. The Morgan fingerprint density at radius 2 is 2.30 bits per heavy atom. The van der Waals surface area contributed by atoms with Crippen LogP contribution < -0.4 is 5.32 Å². The number of carboxylic acids is 1. The minimum Gasteiger partial charge on any atom is -0.480 e. The minimum atomic E-state index is -0.879. The molecule has 0 aromatic carbocycles. The Labute approximate surface area is 65.4 Å².